The summed E-state index contributed by atoms with van der Waals surface area (Å²) in [5, 5.41) is 5.76. The minimum atomic E-state index is 0.193. The van der Waals surface area contributed by atoms with E-state index < -0.39 is 0 Å². The van der Waals surface area contributed by atoms with Crippen LogP contribution in [0.15, 0.2) is 109 Å². The molecule has 7 aromatic carbocycles. The average Bonchev–Trinajstić information content (AvgIpc) is 1.48. The first-order valence-corrected chi connectivity index (χ1v) is 40.8. The van der Waals surface area contributed by atoms with Gasteiger partial charge in [-0.2, -0.15) is 0 Å². The molecule has 16 rings (SSSR count). The molecule has 0 bridgehead atoms. The maximum Gasteiger partial charge on any atom is 0.0620 e. The third-order valence-electron chi connectivity index (χ3n) is 27.0. The highest BCUT2D eigenvalue weighted by Crippen LogP contribution is 2.66. The Kier molecular flexibility index (Phi) is 19.6. The molecule has 9 aliphatic carbocycles. The molecule has 8 saturated carbocycles. The SMILES string of the molecule is CCCCCCc1ccc2c(N(c3cc(C4CCCCC4)cc(C4CCCCC4)c3)c3cc(C4CCCCC4)cc4c3C43CCCCC3)c3ccccc3c(N(c3cc(C4CCCCC4)cc(C4CCCCC4)c3)c3cc(C4CCCCC4)cc(C4CCCCC4)c3)c2c1. The van der Waals surface area contributed by atoms with E-state index in [1.165, 1.54) is 338 Å². The minimum Gasteiger partial charge on any atom is -0.309 e. The summed E-state index contributed by atoms with van der Waals surface area (Å²) in [4.78, 5) is 6.03. The van der Waals surface area contributed by atoms with Crippen molar-refractivity contribution in [1.29, 1.82) is 0 Å². The third-order valence-corrected chi connectivity index (χ3v) is 27.0. The van der Waals surface area contributed by atoms with Crippen molar-refractivity contribution >= 4 is 55.7 Å². The summed E-state index contributed by atoms with van der Waals surface area (Å²) in [5.41, 5.74) is 25.4. The van der Waals surface area contributed by atoms with Crippen LogP contribution in [0.5, 0.6) is 0 Å². The normalized spacial score (nSPS) is 21.7. The molecule has 2 nitrogen and oxygen atoms in total. The van der Waals surface area contributed by atoms with E-state index in [0.717, 1.165) is 6.42 Å². The van der Waals surface area contributed by atoms with Crippen LogP contribution in [0.2, 0.25) is 0 Å². The van der Waals surface area contributed by atoms with Crippen molar-refractivity contribution in [3.63, 3.8) is 0 Å². The summed E-state index contributed by atoms with van der Waals surface area (Å²) in [7, 11) is 0. The van der Waals surface area contributed by atoms with Crippen molar-refractivity contribution in [1.82, 2.24) is 0 Å². The van der Waals surface area contributed by atoms with Crippen LogP contribution in [0, 0.1) is 0 Å². The van der Waals surface area contributed by atoms with Gasteiger partial charge in [-0.3, -0.25) is 0 Å². The van der Waals surface area contributed by atoms with Crippen molar-refractivity contribution in [2.45, 2.75) is 343 Å². The van der Waals surface area contributed by atoms with Gasteiger partial charge < -0.3 is 9.80 Å². The molecule has 9 aliphatic rings. The Balaban J connectivity index is 1.01. The lowest BCUT2D eigenvalue weighted by molar-refractivity contribution is 0.405. The van der Waals surface area contributed by atoms with Gasteiger partial charge in [0.05, 0.1) is 17.1 Å². The number of aryl methyl sites for hydroxylation is 1. The molecule has 94 heavy (non-hydrogen) atoms. The van der Waals surface area contributed by atoms with Crippen molar-refractivity contribution in [3.8, 4) is 0 Å². The molecule has 0 atom stereocenters. The lowest BCUT2D eigenvalue weighted by atomic mass is 9.79. The van der Waals surface area contributed by atoms with Gasteiger partial charge in [-0.05, 0) is 261 Å². The molecule has 0 aliphatic heterocycles. The highest BCUT2D eigenvalue weighted by atomic mass is 15.2. The van der Waals surface area contributed by atoms with Crippen LogP contribution in [-0.2, 0) is 11.8 Å². The first-order valence-electron chi connectivity index (χ1n) is 40.8. The Morgan fingerprint density at radius 3 is 1.03 bits per heavy atom. The second kappa shape index (κ2) is 29.0. The highest BCUT2D eigenvalue weighted by molar-refractivity contribution is 6.23. The van der Waals surface area contributed by atoms with E-state index >= 15 is 0 Å². The molecule has 0 amide bonds. The third kappa shape index (κ3) is 13.1. The lowest BCUT2D eigenvalue weighted by Crippen LogP contribution is -2.19. The number of fused-ring (bicyclic) bond motifs is 5. The smallest absolute Gasteiger partial charge is 0.0620 e. The van der Waals surface area contributed by atoms with Crippen molar-refractivity contribution in [3.05, 3.63) is 165 Å². The fourth-order valence-electron chi connectivity index (χ4n) is 21.7. The van der Waals surface area contributed by atoms with E-state index in [1.807, 2.05) is 0 Å². The molecule has 0 radical (unpaired) electrons. The molecule has 0 heterocycles. The zero-order valence-electron chi connectivity index (χ0n) is 58.6. The van der Waals surface area contributed by atoms with Crippen LogP contribution in [0.4, 0.5) is 34.1 Å². The van der Waals surface area contributed by atoms with E-state index in [-0.39, 0.29) is 5.41 Å². The largest absolute Gasteiger partial charge is 0.309 e. The van der Waals surface area contributed by atoms with Gasteiger partial charge in [0, 0.05) is 44.0 Å². The van der Waals surface area contributed by atoms with Gasteiger partial charge in [0.1, 0.15) is 0 Å². The second-order valence-corrected chi connectivity index (χ2v) is 33.1. The number of rotatable bonds is 18. The molecule has 0 N–H and O–H groups in total. The molecule has 0 saturated heterocycles. The van der Waals surface area contributed by atoms with Crippen LogP contribution in [0.3, 0.4) is 0 Å². The predicted octanol–water partition coefficient (Wildman–Crippen LogP) is 29.0. The molecular formula is C92H118N2. The summed E-state index contributed by atoms with van der Waals surface area (Å²) < 4.78 is 0. The summed E-state index contributed by atoms with van der Waals surface area (Å²) >= 11 is 0. The summed E-state index contributed by atoms with van der Waals surface area (Å²) in [6, 6.07) is 49.1. The number of unbranched alkanes of at least 4 members (excludes halogenated alkanes) is 3. The minimum absolute atomic E-state index is 0.193. The van der Waals surface area contributed by atoms with Gasteiger partial charge in [0.25, 0.3) is 0 Å². The fourth-order valence-corrected chi connectivity index (χ4v) is 21.7. The van der Waals surface area contributed by atoms with Gasteiger partial charge in [0.15, 0.2) is 0 Å². The van der Waals surface area contributed by atoms with E-state index in [9.17, 15) is 0 Å². The second-order valence-electron chi connectivity index (χ2n) is 33.1. The maximum atomic E-state index is 3.04. The average molecular weight is 1250 g/mol. The van der Waals surface area contributed by atoms with Crippen LogP contribution < -0.4 is 9.80 Å². The molecule has 8 fully saturated rings. The Bertz CT molecular complexity index is 3520. The quantitative estimate of drug-likeness (QED) is 0.0480. The Morgan fingerprint density at radius 2 is 0.649 bits per heavy atom. The van der Waals surface area contributed by atoms with E-state index in [2.05, 4.69) is 126 Å². The monoisotopic (exact) mass is 1250 g/mol. The van der Waals surface area contributed by atoms with Crippen LogP contribution in [-0.4, -0.2) is 0 Å². The first kappa shape index (κ1) is 63.4. The van der Waals surface area contributed by atoms with Gasteiger partial charge in [0.2, 0.25) is 0 Å². The fraction of sp³-hybridized carbons (Fsp3) is 0.587. The summed E-state index contributed by atoms with van der Waals surface area (Å²) in [6.45, 7) is 2.39. The van der Waals surface area contributed by atoms with Crippen molar-refractivity contribution in [2.75, 3.05) is 9.80 Å². The van der Waals surface area contributed by atoms with E-state index in [4.69, 9.17) is 0 Å². The Hall–Kier alpha value is -5.34. The molecule has 0 aromatic heterocycles. The number of benzene rings is 7. The molecule has 2 heteroatoms. The molecule has 496 valence electrons. The highest BCUT2D eigenvalue weighted by Gasteiger charge is 2.54. The summed E-state index contributed by atoms with van der Waals surface area (Å²) in [6.07, 6.45) is 60.3. The van der Waals surface area contributed by atoms with Gasteiger partial charge >= 0.3 is 0 Å². The summed E-state index contributed by atoms with van der Waals surface area (Å²) in [5.74, 6) is 4.38. The Morgan fingerprint density at radius 1 is 0.309 bits per heavy atom. The number of hydrogen-bond donors (Lipinski definition) is 0. The first-order chi connectivity index (χ1) is 46.5. The van der Waals surface area contributed by atoms with Crippen LogP contribution in [0.1, 0.15) is 386 Å². The lowest BCUT2D eigenvalue weighted by Gasteiger charge is -2.36. The van der Waals surface area contributed by atoms with Gasteiger partial charge in [-0.15, -0.1) is 0 Å². The maximum absolute atomic E-state index is 3.04. The zero-order valence-corrected chi connectivity index (χ0v) is 58.6. The number of anilines is 6. The van der Waals surface area contributed by atoms with Crippen molar-refractivity contribution < 1.29 is 0 Å². The van der Waals surface area contributed by atoms with Gasteiger partial charge in [-0.25, -0.2) is 0 Å². The van der Waals surface area contributed by atoms with E-state index in [1.54, 1.807) is 55.8 Å². The van der Waals surface area contributed by atoms with E-state index in [0.29, 0.717) is 41.4 Å². The van der Waals surface area contributed by atoms with Gasteiger partial charge in [-0.1, -0.05) is 241 Å². The predicted molar refractivity (Wildman–Crippen MR) is 403 cm³/mol. The molecule has 1 spiro atoms. The Labute approximate surface area is 569 Å². The van der Waals surface area contributed by atoms with Crippen LogP contribution >= 0.6 is 0 Å². The van der Waals surface area contributed by atoms with Crippen LogP contribution in [0.25, 0.3) is 21.5 Å². The molecule has 0 unspecified atom stereocenters. The topological polar surface area (TPSA) is 6.48 Å². The zero-order chi connectivity index (χ0) is 62.8. The molecular weight excluding hydrogens is 1130 g/mol. The van der Waals surface area contributed by atoms with Crippen molar-refractivity contribution in [2.24, 2.45) is 0 Å². The number of nitrogens with zero attached hydrogens (tertiary/aromatic N) is 2. The standard InChI is InChI=1S/C92H118N2/c1-2-3-4-13-32-65-49-50-85-86(53-65)91(93(80-57-73(66-33-14-5-15-34-66)54-74(58-80)67-35-16-6-17-36-67)81-59-75(68-37-18-7-19-38-68)55-76(60-81)69-39-20-8-21-40-69)84-48-29-28-47-83(84)90(85)94(82-61-77(70-41-22-9-23-42-70)56-78(62-82)71-43-24-10-25-44-71)88-64-79(72-45-26-11-27-46-72)63-87-89(88)92(87)51-30-12-31-52-92/h28-29,47-50,53-64,66-72H,2-27,30-46,51-52H2,1H3. The number of hydrogen-bond acceptors (Lipinski definition) is 2. The molecule has 7 aromatic rings.